The Morgan fingerprint density at radius 2 is 1.80 bits per heavy atom. The van der Waals surface area contributed by atoms with Gasteiger partial charge in [-0.1, -0.05) is 70.4 Å². The summed E-state index contributed by atoms with van der Waals surface area (Å²) in [5, 5.41) is 3.60. The Labute approximate surface area is 130 Å². The van der Waals surface area contributed by atoms with Gasteiger partial charge in [0.25, 0.3) is 0 Å². The Bertz CT molecular complexity index is 577. The first-order valence-electron chi connectivity index (χ1n) is 7.15. The fourth-order valence-corrected chi connectivity index (χ4v) is 3.07. The molecule has 1 atom stereocenters. The molecule has 0 aliphatic carbocycles. The van der Waals surface area contributed by atoms with Crippen LogP contribution in [-0.4, -0.2) is 6.54 Å². The van der Waals surface area contributed by atoms with Crippen LogP contribution < -0.4 is 5.32 Å². The number of halogens is 1. The largest absolute Gasteiger partial charge is 0.310 e. The predicted octanol–water partition coefficient (Wildman–Crippen LogP) is 4.96. The minimum absolute atomic E-state index is 0.344. The van der Waals surface area contributed by atoms with Gasteiger partial charge >= 0.3 is 0 Å². The SMILES string of the molecule is CCNC(Cc1cccc(C)c1)c1cc(C)ccc1Br. The molecular weight excluding hydrogens is 310 g/mol. The Morgan fingerprint density at radius 3 is 2.50 bits per heavy atom. The van der Waals surface area contributed by atoms with Gasteiger partial charge in [0.05, 0.1) is 0 Å². The van der Waals surface area contributed by atoms with Gasteiger partial charge in [0.1, 0.15) is 0 Å². The van der Waals surface area contributed by atoms with Crippen LogP contribution in [0.2, 0.25) is 0 Å². The molecule has 0 aliphatic heterocycles. The molecule has 1 N–H and O–H groups in total. The standard InChI is InChI=1S/C18H22BrN/c1-4-20-18(12-15-7-5-6-13(2)10-15)16-11-14(3)8-9-17(16)19/h5-11,18,20H,4,12H2,1-3H3. The van der Waals surface area contributed by atoms with Crippen molar-refractivity contribution in [3.63, 3.8) is 0 Å². The number of hydrogen-bond acceptors (Lipinski definition) is 1. The molecule has 20 heavy (non-hydrogen) atoms. The maximum absolute atomic E-state index is 3.69. The second kappa shape index (κ2) is 7.05. The van der Waals surface area contributed by atoms with Crippen molar-refractivity contribution >= 4 is 15.9 Å². The molecule has 0 spiro atoms. The highest BCUT2D eigenvalue weighted by atomic mass is 79.9. The summed E-state index contributed by atoms with van der Waals surface area (Å²) in [5.74, 6) is 0. The monoisotopic (exact) mass is 331 g/mol. The van der Waals surface area contributed by atoms with E-state index in [4.69, 9.17) is 0 Å². The van der Waals surface area contributed by atoms with Crippen LogP contribution >= 0.6 is 15.9 Å². The second-order valence-electron chi connectivity index (χ2n) is 5.33. The number of nitrogens with one attached hydrogen (secondary N) is 1. The predicted molar refractivity (Wildman–Crippen MR) is 90.2 cm³/mol. The maximum atomic E-state index is 3.69. The summed E-state index contributed by atoms with van der Waals surface area (Å²) in [6.45, 7) is 7.42. The number of hydrogen-bond donors (Lipinski definition) is 1. The van der Waals surface area contributed by atoms with Crippen molar-refractivity contribution in [1.29, 1.82) is 0 Å². The lowest BCUT2D eigenvalue weighted by atomic mass is 9.96. The van der Waals surface area contributed by atoms with Crippen LogP contribution in [0.25, 0.3) is 0 Å². The zero-order valence-electron chi connectivity index (χ0n) is 12.4. The molecule has 1 unspecified atom stereocenters. The van der Waals surface area contributed by atoms with E-state index in [0.29, 0.717) is 6.04 Å². The molecule has 1 nitrogen and oxygen atoms in total. The van der Waals surface area contributed by atoms with Crippen LogP contribution in [0, 0.1) is 13.8 Å². The molecule has 0 radical (unpaired) electrons. The normalized spacial score (nSPS) is 12.4. The summed E-state index contributed by atoms with van der Waals surface area (Å²) < 4.78 is 1.18. The van der Waals surface area contributed by atoms with Gasteiger partial charge in [0, 0.05) is 10.5 Å². The van der Waals surface area contributed by atoms with E-state index in [1.165, 1.54) is 26.7 Å². The molecule has 2 heteroatoms. The van der Waals surface area contributed by atoms with E-state index in [0.717, 1.165) is 13.0 Å². The van der Waals surface area contributed by atoms with E-state index in [-0.39, 0.29) is 0 Å². The van der Waals surface area contributed by atoms with Gasteiger partial charge in [-0.25, -0.2) is 0 Å². The number of benzene rings is 2. The van der Waals surface area contributed by atoms with Crippen LogP contribution in [-0.2, 0) is 6.42 Å². The zero-order valence-corrected chi connectivity index (χ0v) is 14.0. The van der Waals surface area contributed by atoms with Crippen LogP contribution in [0.15, 0.2) is 46.9 Å². The molecule has 106 valence electrons. The first-order valence-corrected chi connectivity index (χ1v) is 7.94. The molecule has 0 aromatic heterocycles. The van der Waals surface area contributed by atoms with E-state index < -0.39 is 0 Å². The molecule has 0 amide bonds. The minimum atomic E-state index is 0.344. The molecule has 2 aromatic carbocycles. The summed E-state index contributed by atoms with van der Waals surface area (Å²) in [5.41, 5.74) is 5.34. The average Bonchev–Trinajstić information content (AvgIpc) is 2.41. The van der Waals surface area contributed by atoms with Crippen molar-refractivity contribution in [2.75, 3.05) is 6.54 Å². The van der Waals surface area contributed by atoms with Crippen molar-refractivity contribution in [3.05, 3.63) is 69.2 Å². The van der Waals surface area contributed by atoms with Gasteiger partial charge in [-0.2, -0.15) is 0 Å². The molecular formula is C18H22BrN. The zero-order chi connectivity index (χ0) is 14.5. The van der Waals surface area contributed by atoms with Gasteiger partial charge in [-0.3, -0.25) is 0 Å². The maximum Gasteiger partial charge on any atom is 0.0372 e. The highest BCUT2D eigenvalue weighted by Gasteiger charge is 2.14. The number of likely N-dealkylation sites (N-methyl/N-ethyl adjacent to an activating group) is 1. The second-order valence-corrected chi connectivity index (χ2v) is 6.18. The molecule has 0 saturated carbocycles. The Kier molecular flexibility index (Phi) is 5.38. The van der Waals surface area contributed by atoms with Crippen molar-refractivity contribution < 1.29 is 0 Å². The van der Waals surface area contributed by atoms with Crippen molar-refractivity contribution in [3.8, 4) is 0 Å². The van der Waals surface area contributed by atoms with Gasteiger partial charge in [0.2, 0.25) is 0 Å². The molecule has 0 saturated heterocycles. The highest BCUT2D eigenvalue weighted by molar-refractivity contribution is 9.10. The van der Waals surface area contributed by atoms with Gasteiger partial charge in [-0.05, 0) is 44.0 Å². The fourth-order valence-electron chi connectivity index (χ4n) is 2.54. The van der Waals surface area contributed by atoms with Crippen LogP contribution in [0.3, 0.4) is 0 Å². The van der Waals surface area contributed by atoms with Crippen molar-refractivity contribution in [2.45, 2.75) is 33.2 Å². The van der Waals surface area contributed by atoms with E-state index >= 15 is 0 Å². The third-order valence-corrected chi connectivity index (χ3v) is 4.22. The summed E-state index contributed by atoms with van der Waals surface area (Å²) in [6, 6.07) is 15.7. The van der Waals surface area contributed by atoms with E-state index in [9.17, 15) is 0 Å². The smallest absolute Gasteiger partial charge is 0.0372 e. The van der Waals surface area contributed by atoms with Crippen molar-refractivity contribution in [2.24, 2.45) is 0 Å². The lowest BCUT2D eigenvalue weighted by molar-refractivity contribution is 0.547. The quantitative estimate of drug-likeness (QED) is 0.816. The Morgan fingerprint density at radius 1 is 1.05 bits per heavy atom. The summed E-state index contributed by atoms with van der Waals surface area (Å²) >= 11 is 3.69. The lowest BCUT2D eigenvalue weighted by Crippen LogP contribution is -2.23. The van der Waals surface area contributed by atoms with Crippen LogP contribution in [0.1, 0.15) is 35.2 Å². The third-order valence-electron chi connectivity index (χ3n) is 3.50. The van der Waals surface area contributed by atoms with E-state index in [2.05, 4.69) is 84.5 Å². The first-order chi connectivity index (χ1) is 9.60. The molecule has 2 rings (SSSR count). The summed E-state index contributed by atoms with van der Waals surface area (Å²) in [6.07, 6.45) is 1.01. The van der Waals surface area contributed by atoms with Gasteiger partial charge in [0.15, 0.2) is 0 Å². The van der Waals surface area contributed by atoms with Crippen molar-refractivity contribution in [1.82, 2.24) is 5.32 Å². The topological polar surface area (TPSA) is 12.0 Å². The molecule has 0 fully saturated rings. The molecule has 2 aromatic rings. The molecule has 0 bridgehead atoms. The molecule has 0 heterocycles. The van der Waals surface area contributed by atoms with Crippen LogP contribution in [0.4, 0.5) is 0 Å². The highest BCUT2D eigenvalue weighted by Crippen LogP contribution is 2.27. The minimum Gasteiger partial charge on any atom is -0.310 e. The summed E-state index contributed by atoms with van der Waals surface area (Å²) in [7, 11) is 0. The number of aryl methyl sites for hydroxylation is 2. The number of rotatable bonds is 5. The third kappa shape index (κ3) is 3.94. The summed E-state index contributed by atoms with van der Waals surface area (Å²) in [4.78, 5) is 0. The van der Waals surface area contributed by atoms with E-state index in [1.54, 1.807) is 0 Å². The van der Waals surface area contributed by atoms with Gasteiger partial charge < -0.3 is 5.32 Å². The van der Waals surface area contributed by atoms with Crippen LogP contribution in [0.5, 0.6) is 0 Å². The van der Waals surface area contributed by atoms with Gasteiger partial charge in [-0.15, -0.1) is 0 Å². The molecule has 0 aliphatic rings. The average molecular weight is 332 g/mol. The Balaban J connectivity index is 2.29. The Hall–Kier alpha value is -1.12. The fraction of sp³-hybridized carbons (Fsp3) is 0.333. The lowest BCUT2D eigenvalue weighted by Gasteiger charge is -2.20. The van der Waals surface area contributed by atoms with E-state index in [1.807, 2.05) is 0 Å². The first kappa shape index (κ1) is 15.3.